The lowest BCUT2D eigenvalue weighted by Crippen LogP contribution is -2.03. The summed E-state index contributed by atoms with van der Waals surface area (Å²) in [5, 5.41) is 9.60. The van der Waals surface area contributed by atoms with Crippen LogP contribution in [0.4, 0.5) is 5.95 Å². The van der Waals surface area contributed by atoms with Crippen molar-refractivity contribution >= 4 is 17.5 Å². The second-order valence-electron chi connectivity index (χ2n) is 3.47. The Morgan fingerprint density at radius 3 is 2.82 bits per heavy atom. The number of rotatable bonds is 2. The number of nitriles is 1. The maximum atomic E-state index is 8.95. The van der Waals surface area contributed by atoms with Crippen LogP contribution in [0.15, 0.2) is 30.5 Å². The molecular weight excluding hydrogens is 236 g/mol. The van der Waals surface area contributed by atoms with Crippen LogP contribution in [0.5, 0.6) is 0 Å². The van der Waals surface area contributed by atoms with E-state index in [2.05, 4.69) is 9.97 Å². The van der Waals surface area contributed by atoms with Crippen LogP contribution >= 0.6 is 11.6 Å². The molecule has 84 valence electrons. The molecule has 4 nitrogen and oxygen atoms in total. The number of nitrogens with two attached hydrogens (primary N) is 1. The molecule has 0 aliphatic heterocycles. The minimum Gasteiger partial charge on any atom is -0.368 e. The fraction of sp³-hybridized carbons (Fsp3) is 0.0833. The molecule has 0 atom stereocenters. The van der Waals surface area contributed by atoms with Crippen molar-refractivity contribution in [3.63, 3.8) is 0 Å². The van der Waals surface area contributed by atoms with Crippen LogP contribution < -0.4 is 5.73 Å². The van der Waals surface area contributed by atoms with Gasteiger partial charge in [0.1, 0.15) is 6.07 Å². The van der Waals surface area contributed by atoms with Gasteiger partial charge in [-0.15, -0.1) is 0 Å². The molecular formula is C12H9ClN4. The average Bonchev–Trinajstić information content (AvgIpc) is 2.32. The van der Waals surface area contributed by atoms with Gasteiger partial charge in [0.2, 0.25) is 5.95 Å². The number of nitrogen functional groups attached to an aromatic ring is 1. The lowest BCUT2D eigenvalue weighted by molar-refractivity contribution is 1.03. The van der Waals surface area contributed by atoms with Crippen molar-refractivity contribution in [1.82, 2.24) is 9.97 Å². The Bertz CT molecular complexity index is 589. The molecule has 1 aromatic heterocycles. The van der Waals surface area contributed by atoms with E-state index < -0.39 is 0 Å². The van der Waals surface area contributed by atoms with Gasteiger partial charge in [0.25, 0.3) is 0 Å². The smallest absolute Gasteiger partial charge is 0.220 e. The normalized spacial score (nSPS) is 9.88. The maximum Gasteiger partial charge on any atom is 0.220 e. The Morgan fingerprint density at radius 1 is 1.35 bits per heavy atom. The molecule has 2 N–H and O–H groups in total. The van der Waals surface area contributed by atoms with Crippen LogP contribution in [0.1, 0.15) is 16.8 Å². The Morgan fingerprint density at radius 2 is 2.12 bits per heavy atom. The predicted octanol–water partition coefficient (Wildman–Crippen LogP) is 2.17. The Balaban J connectivity index is 2.40. The molecule has 0 radical (unpaired) electrons. The van der Waals surface area contributed by atoms with Crippen molar-refractivity contribution in [2.24, 2.45) is 0 Å². The van der Waals surface area contributed by atoms with Crippen LogP contribution in [0.2, 0.25) is 5.02 Å². The molecule has 0 spiro atoms. The topological polar surface area (TPSA) is 75.6 Å². The molecule has 0 amide bonds. The molecule has 0 bridgehead atoms. The lowest BCUT2D eigenvalue weighted by Gasteiger charge is -2.05. The SMILES string of the molecule is N#Cc1cnc(N)nc1Cc1ccccc1Cl. The van der Waals surface area contributed by atoms with Crippen LogP contribution in [0.25, 0.3) is 0 Å². The minimum absolute atomic E-state index is 0.158. The molecule has 5 heteroatoms. The Kier molecular flexibility index (Phi) is 3.22. The van der Waals surface area contributed by atoms with Crippen molar-refractivity contribution in [3.8, 4) is 6.07 Å². The van der Waals surface area contributed by atoms with E-state index in [-0.39, 0.29) is 5.95 Å². The number of nitrogens with zero attached hydrogens (tertiary/aromatic N) is 3. The number of hydrogen-bond acceptors (Lipinski definition) is 4. The number of halogens is 1. The Hall–Kier alpha value is -2.12. The van der Waals surface area contributed by atoms with Crippen LogP contribution in [-0.2, 0) is 6.42 Å². The van der Waals surface area contributed by atoms with Crippen LogP contribution in [-0.4, -0.2) is 9.97 Å². The third-order valence-corrected chi connectivity index (χ3v) is 2.69. The Labute approximate surface area is 104 Å². The summed E-state index contributed by atoms with van der Waals surface area (Å²) in [4.78, 5) is 7.85. The van der Waals surface area contributed by atoms with Gasteiger partial charge in [-0.25, -0.2) is 9.97 Å². The summed E-state index contributed by atoms with van der Waals surface area (Å²) in [6, 6.07) is 9.47. The minimum atomic E-state index is 0.158. The van der Waals surface area contributed by atoms with E-state index in [0.29, 0.717) is 22.7 Å². The average molecular weight is 245 g/mol. The van der Waals surface area contributed by atoms with E-state index in [4.69, 9.17) is 22.6 Å². The molecule has 0 saturated carbocycles. The summed E-state index contributed by atoms with van der Waals surface area (Å²) >= 11 is 6.05. The van der Waals surface area contributed by atoms with Gasteiger partial charge >= 0.3 is 0 Å². The summed E-state index contributed by atoms with van der Waals surface area (Å²) in [5.74, 6) is 0.158. The lowest BCUT2D eigenvalue weighted by atomic mass is 10.1. The zero-order valence-corrected chi connectivity index (χ0v) is 9.65. The highest BCUT2D eigenvalue weighted by molar-refractivity contribution is 6.31. The van der Waals surface area contributed by atoms with Gasteiger partial charge in [-0.1, -0.05) is 29.8 Å². The van der Waals surface area contributed by atoms with Gasteiger partial charge < -0.3 is 5.73 Å². The number of hydrogen-bond donors (Lipinski definition) is 1. The second-order valence-corrected chi connectivity index (χ2v) is 3.88. The largest absolute Gasteiger partial charge is 0.368 e. The van der Waals surface area contributed by atoms with Crippen LogP contribution in [0, 0.1) is 11.3 Å². The highest BCUT2D eigenvalue weighted by Crippen LogP contribution is 2.19. The van der Waals surface area contributed by atoms with Crippen molar-refractivity contribution < 1.29 is 0 Å². The molecule has 0 aliphatic carbocycles. The summed E-state index contributed by atoms with van der Waals surface area (Å²) in [7, 11) is 0. The molecule has 2 aromatic rings. The fourth-order valence-corrected chi connectivity index (χ4v) is 1.69. The van der Waals surface area contributed by atoms with Gasteiger partial charge in [-0.2, -0.15) is 5.26 Å². The van der Waals surface area contributed by atoms with Gasteiger partial charge in [-0.3, -0.25) is 0 Å². The van der Waals surface area contributed by atoms with Crippen molar-refractivity contribution in [3.05, 3.63) is 52.3 Å². The molecule has 0 saturated heterocycles. The zero-order valence-electron chi connectivity index (χ0n) is 8.89. The number of benzene rings is 1. The van der Waals surface area contributed by atoms with Gasteiger partial charge in [0.15, 0.2) is 0 Å². The van der Waals surface area contributed by atoms with E-state index in [0.717, 1.165) is 5.56 Å². The standard InChI is InChI=1S/C12H9ClN4/c13-10-4-2-1-3-8(10)5-11-9(6-14)7-16-12(15)17-11/h1-4,7H,5H2,(H2,15,16,17). The first-order valence-electron chi connectivity index (χ1n) is 4.95. The van der Waals surface area contributed by atoms with E-state index in [1.807, 2.05) is 24.3 Å². The molecule has 1 heterocycles. The van der Waals surface area contributed by atoms with Crippen molar-refractivity contribution in [2.45, 2.75) is 6.42 Å². The molecule has 2 rings (SSSR count). The van der Waals surface area contributed by atoms with E-state index in [1.54, 1.807) is 6.07 Å². The van der Waals surface area contributed by atoms with Crippen molar-refractivity contribution in [1.29, 1.82) is 5.26 Å². The fourth-order valence-electron chi connectivity index (χ4n) is 1.48. The third kappa shape index (κ3) is 2.52. The summed E-state index contributed by atoms with van der Waals surface area (Å²) in [6.07, 6.45) is 1.89. The van der Waals surface area contributed by atoms with E-state index in [1.165, 1.54) is 6.20 Å². The first kappa shape index (κ1) is 11.4. The predicted molar refractivity (Wildman–Crippen MR) is 65.4 cm³/mol. The maximum absolute atomic E-state index is 8.95. The van der Waals surface area contributed by atoms with Crippen LogP contribution in [0.3, 0.4) is 0 Å². The van der Waals surface area contributed by atoms with Gasteiger partial charge in [0.05, 0.1) is 17.5 Å². The second kappa shape index (κ2) is 4.81. The summed E-state index contributed by atoms with van der Waals surface area (Å²) in [6.45, 7) is 0. The molecule has 0 aliphatic rings. The molecule has 17 heavy (non-hydrogen) atoms. The summed E-state index contributed by atoms with van der Waals surface area (Å²) < 4.78 is 0. The van der Waals surface area contributed by atoms with Crippen molar-refractivity contribution in [2.75, 3.05) is 5.73 Å². The summed E-state index contributed by atoms with van der Waals surface area (Å²) in [5.41, 5.74) is 7.42. The first-order valence-corrected chi connectivity index (χ1v) is 5.33. The molecule has 0 fully saturated rings. The first-order chi connectivity index (χ1) is 8.20. The molecule has 1 aromatic carbocycles. The number of aromatic nitrogens is 2. The number of anilines is 1. The van der Waals surface area contributed by atoms with E-state index in [9.17, 15) is 0 Å². The highest BCUT2D eigenvalue weighted by atomic mass is 35.5. The third-order valence-electron chi connectivity index (χ3n) is 2.32. The quantitative estimate of drug-likeness (QED) is 0.879. The van der Waals surface area contributed by atoms with Gasteiger partial charge in [0, 0.05) is 11.4 Å². The zero-order chi connectivity index (χ0) is 12.3. The van der Waals surface area contributed by atoms with Gasteiger partial charge in [-0.05, 0) is 11.6 Å². The molecule has 0 unspecified atom stereocenters. The highest BCUT2D eigenvalue weighted by Gasteiger charge is 2.08. The van der Waals surface area contributed by atoms with E-state index >= 15 is 0 Å². The monoisotopic (exact) mass is 244 g/mol.